The smallest absolute Gasteiger partial charge is 0.222 e. The first kappa shape index (κ1) is 16.7. The molecule has 0 spiro atoms. The summed E-state index contributed by atoms with van der Waals surface area (Å²) in [6.45, 7) is 7.84. The third kappa shape index (κ3) is 5.62. The predicted molar refractivity (Wildman–Crippen MR) is 89.6 cm³/mol. The Hall–Kier alpha value is -1.65. The van der Waals surface area contributed by atoms with Crippen LogP contribution in [0, 0.1) is 0 Å². The predicted octanol–water partition coefficient (Wildman–Crippen LogP) is 2.27. The Bertz CT molecular complexity index is 467. The van der Waals surface area contributed by atoms with Crippen molar-refractivity contribution in [2.24, 2.45) is 0 Å². The molecule has 0 aliphatic carbocycles. The summed E-state index contributed by atoms with van der Waals surface area (Å²) in [6.07, 6.45) is 4.70. The fourth-order valence-corrected chi connectivity index (χ4v) is 2.51. The van der Waals surface area contributed by atoms with Gasteiger partial charge >= 0.3 is 0 Å². The molecule has 1 aliphatic rings. The molecule has 0 unspecified atom stereocenters. The van der Waals surface area contributed by atoms with Crippen LogP contribution in [0.1, 0.15) is 18.9 Å². The van der Waals surface area contributed by atoms with E-state index in [1.807, 2.05) is 30.0 Å². The van der Waals surface area contributed by atoms with Gasteiger partial charge in [0.2, 0.25) is 5.91 Å². The van der Waals surface area contributed by atoms with E-state index < -0.39 is 0 Å². The van der Waals surface area contributed by atoms with Gasteiger partial charge in [0.1, 0.15) is 0 Å². The van der Waals surface area contributed by atoms with Gasteiger partial charge in [0.15, 0.2) is 0 Å². The number of amides is 1. The van der Waals surface area contributed by atoms with E-state index >= 15 is 0 Å². The molecule has 0 bridgehead atoms. The molecule has 120 valence electrons. The average molecular weight is 302 g/mol. The van der Waals surface area contributed by atoms with E-state index in [1.54, 1.807) is 0 Å². The summed E-state index contributed by atoms with van der Waals surface area (Å²) in [7, 11) is 0. The quantitative estimate of drug-likeness (QED) is 0.774. The maximum Gasteiger partial charge on any atom is 0.222 e. The maximum absolute atomic E-state index is 12.1. The SMILES string of the molecule is CCC(=O)N(C/C=C/c1ccccc1)CCN1CCOCC1. The number of carbonyl (C=O) groups is 1. The maximum atomic E-state index is 12.1. The molecule has 22 heavy (non-hydrogen) atoms. The first-order valence-corrected chi connectivity index (χ1v) is 8.09. The molecule has 0 aromatic heterocycles. The molecule has 0 atom stereocenters. The molecule has 1 aliphatic heterocycles. The molecule has 1 aromatic rings. The van der Waals surface area contributed by atoms with Crippen LogP contribution in [0.25, 0.3) is 6.08 Å². The van der Waals surface area contributed by atoms with E-state index in [4.69, 9.17) is 4.74 Å². The molecule has 0 radical (unpaired) electrons. The summed E-state index contributed by atoms with van der Waals surface area (Å²) < 4.78 is 5.36. The molecule has 1 amide bonds. The molecular formula is C18H26N2O2. The summed E-state index contributed by atoms with van der Waals surface area (Å²) in [5.74, 6) is 0.214. The lowest BCUT2D eigenvalue weighted by atomic mass is 10.2. The lowest BCUT2D eigenvalue weighted by Crippen LogP contribution is -2.43. The summed E-state index contributed by atoms with van der Waals surface area (Å²) in [5, 5.41) is 0. The Morgan fingerprint density at radius 2 is 2.00 bits per heavy atom. The minimum atomic E-state index is 0.214. The topological polar surface area (TPSA) is 32.8 Å². The summed E-state index contributed by atoms with van der Waals surface area (Å²) in [6, 6.07) is 10.2. The van der Waals surface area contributed by atoms with Crippen LogP contribution in [0.2, 0.25) is 0 Å². The molecule has 1 aromatic carbocycles. The normalized spacial score (nSPS) is 16.0. The third-order valence-corrected chi connectivity index (χ3v) is 3.88. The zero-order chi connectivity index (χ0) is 15.6. The van der Waals surface area contributed by atoms with Crippen LogP contribution < -0.4 is 0 Å². The number of hydrogen-bond acceptors (Lipinski definition) is 3. The van der Waals surface area contributed by atoms with Gasteiger partial charge in [-0.05, 0) is 5.56 Å². The number of carbonyl (C=O) groups excluding carboxylic acids is 1. The van der Waals surface area contributed by atoms with Crippen molar-refractivity contribution in [3.05, 3.63) is 42.0 Å². The number of benzene rings is 1. The average Bonchev–Trinajstić information content (AvgIpc) is 2.59. The Labute approximate surface area is 133 Å². The van der Waals surface area contributed by atoms with Crippen molar-refractivity contribution in [2.45, 2.75) is 13.3 Å². The summed E-state index contributed by atoms with van der Waals surface area (Å²) in [4.78, 5) is 16.4. The van der Waals surface area contributed by atoms with Gasteiger partial charge in [0.05, 0.1) is 13.2 Å². The van der Waals surface area contributed by atoms with Crippen molar-refractivity contribution in [2.75, 3.05) is 45.9 Å². The third-order valence-electron chi connectivity index (χ3n) is 3.88. The van der Waals surface area contributed by atoms with Crippen LogP contribution in [0.4, 0.5) is 0 Å². The number of hydrogen-bond donors (Lipinski definition) is 0. The van der Waals surface area contributed by atoms with E-state index in [1.165, 1.54) is 5.56 Å². The summed E-state index contributed by atoms with van der Waals surface area (Å²) >= 11 is 0. The lowest BCUT2D eigenvalue weighted by Gasteiger charge is -2.29. The van der Waals surface area contributed by atoms with Crippen LogP contribution >= 0.6 is 0 Å². The van der Waals surface area contributed by atoms with E-state index in [-0.39, 0.29) is 5.91 Å². The van der Waals surface area contributed by atoms with Gasteiger partial charge in [0, 0.05) is 39.1 Å². The molecule has 0 N–H and O–H groups in total. The van der Waals surface area contributed by atoms with E-state index in [9.17, 15) is 4.79 Å². The Morgan fingerprint density at radius 3 is 2.68 bits per heavy atom. The van der Waals surface area contributed by atoms with Gasteiger partial charge in [-0.2, -0.15) is 0 Å². The van der Waals surface area contributed by atoms with E-state index in [0.29, 0.717) is 13.0 Å². The molecule has 1 fully saturated rings. The molecule has 4 heteroatoms. The van der Waals surface area contributed by atoms with Gasteiger partial charge in [-0.25, -0.2) is 0 Å². The van der Waals surface area contributed by atoms with Crippen molar-refractivity contribution in [1.82, 2.24) is 9.80 Å². The second kappa shape index (κ2) is 9.38. The minimum absolute atomic E-state index is 0.214. The van der Waals surface area contributed by atoms with Gasteiger partial charge in [0.25, 0.3) is 0 Å². The van der Waals surface area contributed by atoms with Crippen LogP contribution in [0.5, 0.6) is 0 Å². The van der Waals surface area contributed by atoms with Crippen LogP contribution in [0.3, 0.4) is 0 Å². The highest BCUT2D eigenvalue weighted by atomic mass is 16.5. The highest BCUT2D eigenvalue weighted by Gasteiger charge is 2.14. The number of ether oxygens (including phenoxy) is 1. The van der Waals surface area contributed by atoms with Crippen molar-refractivity contribution in [1.29, 1.82) is 0 Å². The highest BCUT2D eigenvalue weighted by Crippen LogP contribution is 2.03. The number of nitrogens with zero attached hydrogens (tertiary/aromatic N) is 2. The molecule has 2 rings (SSSR count). The van der Waals surface area contributed by atoms with Crippen molar-refractivity contribution < 1.29 is 9.53 Å². The fraction of sp³-hybridized carbons (Fsp3) is 0.500. The first-order chi connectivity index (χ1) is 10.8. The lowest BCUT2D eigenvalue weighted by molar-refractivity contribution is -0.130. The van der Waals surface area contributed by atoms with Gasteiger partial charge in [-0.3, -0.25) is 9.69 Å². The number of morpholine rings is 1. The fourth-order valence-electron chi connectivity index (χ4n) is 2.51. The standard InChI is InChI=1S/C18H26N2O2/c1-2-18(21)20(12-11-19-13-15-22-16-14-19)10-6-9-17-7-4-3-5-8-17/h3-9H,2,10-16H2,1H3/b9-6+. The Kier molecular flexibility index (Phi) is 7.13. The monoisotopic (exact) mass is 302 g/mol. The largest absolute Gasteiger partial charge is 0.379 e. The van der Waals surface area contributed by atoms with Crippen molar-refractivity contribution in [3.8, 4) is 0 Å². The molecular weight excluding hydrogens is 276 g/mol. The molecule has 1 saturated heterocycles. The van der Waals surface area contributed by atoms with Crippen LogP contribution in [0.15, 0.2) is 36.4 Å². The van der Waals surface area contributed by atoms with E-state index in [2.05, 4.69) is 29.2 Å². The number of rotatable bonds is 7. The second-order valence-corrected chi connectivity index (χ2v) is 5.46. The molecule has 1 heterocycles. The van der Waals surface area contributed by atoms with Crippen molar-refractivity contribution >= 4 is 12.0 Å². The second-order valence-electron chi connectivity index (χ2n) is 5.46. The Morgan fingerprint density at radius 1 is 1.27 bits per heavy atom. The van der Waals surface area contributed by atoms with Crippen molar-refractivity contribution in [3.63, 3.8) is 0 Å². The van der Waals surface area contributed by atoms with Gasteiger partial charge < -0.3 is 9.64 Å². The Balaban J connectivity index is 1.83. The minimum Gasteiger partial charge on any atom is -0.379 e. The van der Waals surface area contributed by atoms with Crippen LogP contribution in [-0.4, -0.2) is 61.6 Å². The van der Waals surface area contributed by atoms with E-state index in [0.717, 1.165) is 39.4 Å². The zero-order valence-electron chi connectivity index (χ0n) is 13.4. The molecule has 4 nitrogen and oxygen atoms in total. The van der Waals surface area contributed by atoms with Gasteiger partial charge in [-0.15, -0.1) is 0 Å². The summed E-state index contributed by atoms with van der Waals surface area (Å²) in [5.41, 5.74) is 1.17. The molecule has 0 saturated carbocycles. The first-order valence-electron chi connectivity index (χ1n) is 8.09. The highest BCUT2D eigenvalue weighted by molar-refractivity contribution is 5.76. The zero-order valence-corrected chi connectivity index (χ0v) is 13.4. The van der Waals surface area contributed by atoms with Crippen LogP contribution in [-0.2, 0) is 9.53 Å². The van der Waals surface area contributed by atoms with Gasteiger partial charge in [-0.1, -0.05) is 49.4 Å².